The number of oxime groups is 1. The standard InChI is InChI=1S/C15H14N2O/c18-17-15-9-13(11-4-2-1-3-5-11)8-12-6-7-16-10-14(12)15/h1-7,10,13,18H,8-9H2/b17-15+/t13-/m1/s1. The SMILES string of the molecule is O/N=C1\C[C@H](c2ccccc2)Cc2ccncc21. The molecule has 1 atom stereocenters. The summed E-state index contributed by atoms with van der Waals surface area (Å²) in [5.41, 5.74) is 4.21. The maximum Gasteiger partial charge on any atom is 0.0892 e. The fourth-order valence-electron chi connectivity index (χ4n) is 2.60. The maximum atomic E-state index is 9.16. The van der Waals surface area contributed by atoms with E-state index in [1.807, 2.05) is 24.3 Å². The van der Waals surface area contributed by atoms with Crippen molar-refractivity contribution < 1.29 is 5.21 Å². The highest BCUT2D eigenvalue weighted by Gasteiger charge is 2.25. The van der Waals surface area contributed by atoms with Gasteiger partial charge < -0.3 is 5.21 Å². The van der Waals surface area contributed by atoms with Crippen LogP contribution in [0.3, 0.4) is 0 Å². The normalized spacial score (nSPS) is 20.7. The van der Waals surface area contributed by atoms with Gasteiger partial charge in [0.25, 0.3) is 0 Å². The Bertz CT molecular complexity index is 578. The zero-order chi connectivity index (χ0) is 12.4. The van der Waals surface area contributed by atoms with E-state index >= 15 is 0 Å². The first-order valence-corrected chi connectivity index (χ1v) is 6.07. The minimum absolute atomic E-state index is 0.381. The maximum absolute atomic E-state index is 9.16. The molecule has 1 aliphatic rings. The van der Waals surface area contributed by atoms with Crippen LogP contribution in [0.25, 0.3) is 0 Å². The number of hydrogen-bond acceptors (Lipinski definition) is 3. The molecule has 0 bridgehead atoms. The lowest BCUT2D eigenvalue weighted by Gasteiger charge is -2.25. The van der Waals surface area contributed by atoms with Crippen LogP contribution in [0.1, 0.15) is 29.0 Å². The lowest BCUT2D eigenvalue weighted by atomic mass is 9.80. The third kappa shape index (κ3) is 1.88. The minimum atomic E-state index is 0.381. The van der Waals surface area contributed by atoms with Crippen molar-refractivity contribution in [1.29, 1.82) is 0 Å². The van der Waals surface area contributed by atoms with Crippen molar-refractivity contribution >= 4 is 5.71 Å². The molecule has 0 spiro atoms. The molecule has 0 radical (unpaired) electrons. The summed E-state index contributed by atoms with van der Waals surface area (Å²) in [6.45, 7) is 0. The Morgan fingerprint density at radius 3 is 2.72 bits per heavy atom. The molecule has 3 rings (SSSR count). The molecule has 0 amide bonds. The number of nitrogens with zero attached hydrogens (tertiary/aromatic N) is 2. The van der Waals surface area contributed by atoms with E-state index in [2.05, 4.69) is 22.3 Å². The van der Waals surface area contributed by atoms with Crippen molar-refractivity contribution in [2.45, 2.75) is 18.8 Å². The monoisotopic (exact) mass is 238 g/mol. The van der Waals surface area contributed by atoms with Crippen LogP contribution in [0, 0.1) is 0 Å². The number of hydrogen-bond donors (Lipinski definition) is 1. The molecule has 1 aromatic heterocycles. The summed E-state index contributed by atoms with van der Waals surface area (Å²) in [6.07, 6.45) is 5.31. The number of benzene rings is 1. The second-order valence-corrected chi connectivity index (χ2v) is 4.60. The van der Waals surface area contributed by atoms with Gasteiger partial charge in [-0.1, -0.05) is 35.5 Å². The molecule has 3 nitrogen and oxygen atoms in total. The molecule has 0 unspecified atom stereocenters. The molecular weight excluding hydrogens is 224 g/mol. The Balaban J connectivity index is 2.00. The van der Waals surface area contributed by atoms with Gasteiger partial charge in [-0.15, -0.1) is 0 Å². The topological polar surface area (TPSA) is 45.5 Å². The largest absolute Gasteiger partial charge is 0.411 e. The van der Waals surface area contributed by atoms with E-state index in [-0.39, 0.29) is 0 Å². The van der Waals surface area contributed by atoms with Crippen molar-refractivity contribution in [3.05, 3.63) is 65.5 Å². The van der Waals surface area contributed by atoms with E-state index in [1.54, 1.807) is 12.4 Å². The van der Waals surface area contributed by atoms with Crippen LogP contribution in [-0.2, 0) is 6.42 Å². The third-order valence-electron chi connectivity index (χ3n) is 3.52. The van der Waals surface area contributed by atoms with Crippen LogP contribution in [0.5, 0.6) is 0 Å². The van der Waals surface area contributed by atoms with Gasteiger partial charge in [0, 0.05) is 24.4 Å². The lowest BCUT2D eigenvalue weighted by molar-refractivity contribution is 0.317. The van der Waals surface area contributed by atoms with Gasteiger partial charge in [-0.2, -0.15) is 0 Å². The fourth-order valence-corrected chi connectivity index (χ4v) is 2.60. The van der Waals surface area contributed by atoms with Gasteiger partial charge in [-0.25, -0.2) is 0 Å². The smallest absolute Gasteiger partial charge is 0.0892 e. The first-order chi connectivity index (χ1) is 8.88. The Kier molecular flexibility index (Phi) is 2.81. The van der Waals surface area contributed by atoms with Crippen molar-refractivity contribution in [3.8, 4) is 0 Å². The zero-order valence-electron chi connectivity index (χ0n) is 9.95. The van der Waals surface area contributed by atoms with Crippen molar-refractivity contribution in [2.24, 2.45) is 5.16 Å². The fraction of sp³-hybridized carbons (Fsp3) is 0.200. The van der Waals surface area contributed by atoms with Crippen LogP contribution in [-0.4, -0.2) is 15.9 Å². The molecule has 3 heteroatoms. The van der Waals surface area contributed by atoms with E-state index < -0.39 is 0 Å². The Morgan fingerprint density at radius 2 is 1.94 bits per heavy atom. The molecule has 1 aliphatic carbocycles. The highest BCUT2D eigenvalue weighted by molar-refractivity contribution is 6.02. The highest BCUT2D eigenvalue weighted by atomic mass is 16.4. The van der Waals surface area contributed by atoms with Crippen molar-refractivity contribution in [1.82, 2.24) is 4.98 Å². The Hall–Kier alpha value is -2.16. The minimum Gasteiger partial charge on any atom is -0.411 e. The lowest BCUT2D eigenvalue weighted by Crippen LogP contribution is -2.19. The van der Waals surface area contributed by atoms with E-state index in [9.17, 15) is 0 Å². The van der Waals surface area contributed by atoms with Gasteiger partial charge in [0.15, 0.2) is 0 Å². The summed E-state index contributed by atoms with van der Waals surface area (Å²) >= 11 is 0. The predicted octanol–water partition coefficient (Wildman–Crippen LogP) is 2.99. The average Bonchev–Trinajstić information content (AvgIpc) is 2.47. The quantitative estimate of drug-likeness (QED) is 0.613. The molecule has 0 aliphatic heterocycles. The van der Waals surface area contributed by atoms with Crippen LogP contribution in [0.2, 0.25) is 0 Å². The summed E-state index contributed by atoms with van der Waals surface area (Å²) in [6, 6.07) is 12.4. The summed E-state index contributed by atoms with van der Waals surface area (Å²) in [7, 11) is 0. The first-order valence-electron chi connectivity index (χ1n) is 6.07. The van der Waals surface area contributed by atoms with Gasteiger partial charge in [0.1, 0.15) is 0 Å². The second-order valence-electron chi connectivity index (χ2n) is 4.60. The summed E-state index contributed by atoms with van der Waals surface area (Å²) in [4.78, 5) is 4.10. The molecule has 1 aromatic carbocycles. The zero-order valence-corrected chi connectivity index (χ0v) is 9.95. The first kappa shape index (κ1) is 11.0. The van der Waals surface area contributed by atoms with E-state index in [0.717, 1.165) is 24.1 Å². The molecule has 0 fully saturated rings. The Labute approximate surface area is 106 Å². The number of aromatic nitrogens is 1. The van der Waals surface area contributed by atoms with Crippen LogP contribution >= 0.6 is 0 Å². The van der Waals surface area contributed by atoms with E-state index in [1.165, 1.54) is 11.1 Å². The predicted molar refractivity (Wildman–Crippen MR) is 70.1 cm³/mol. The summed E-state index contributed by atoms with van der Waals surface area (Å²) < 4.78 is 0. The van der Waals surface area contributed by atoms with Gasteiger partial charge in [0.05, 0.1) is 5.71 Å². The average molecular weight is 238 g/mol. The summed E-state index contributed by atoms with van der Waals surface area (Å²) in [5.74, 6) is 0.381. The molecule has 18 heavy (non-hydrogen) atoms. The van der Waals surface area contributed by atoms with E-state index in [0.29, 0.717) is 5.92 Å². The molecule has 0 saturated carbocycles. The second kappa shape index (κ2) is 4.61. The number of pyridine rings is 1. The molecule has 2 aromatic rings. The number of rotatable bonds is 1. The van der Waals surface area contributed by atoms with Crippen LogP contribution < -0.4 is 0 Å². The molecule has 1 N–H and O–H groups in total. The molecular formula is C15H14N2O. The van der Waals surface area contributed by atoms with Gasteiger partial charge in [-0.05, 0) is 29.5 Å². The van der Waals surface area contributed by atoms with Crippen molar-refractivity contribution in [2.75, 3.05) is 0 Å². The highest BCUT2D eigenvalue weighted by Crippen LogP contribution is 2.32. The van der Waals surface area contributed by atoms with Crippen molar-refractivity contribution in [3.63, 3.8) is 0 Å². The van der Waals surface area contributed by atoms with Gasteiger partial charge in [-0.3, -0.25) is 4.98 Å². The van der Waals surface area contributed by atoms with Gasteiger partial charge >= 0.3 is 0 Å². The molecule has 0 saturated heterocycles. The van der Waals surface area contributed by atoms with Crippen LogP contribution in [0.15, 0.2) is 53.9 Å². The summed E-state index contributed by atoms with van der Waals surface area (Å²) in [5, 5.41) is 12.6. The number of fused-ring (bicyclic) bond motifs is 1. The van der Waals surface area contributed by atoms with E-state index in [4.69, 9.17) is 5.21 Å². The van der Waals surface area contributed by atoms with Gasteiger partial charge in [0.2, 0.25) is 0 Å². The molecule has 90 valence electrons. The Morgan fingerprint density at radius 1 is 1.11 bits per heavy atom. The third-order valence-corrected chi connectivity index (χ3v) is 3.52. The van der Waals surface area contributed by atoms with Crippen LogP contribution in [0.4, 0.5) is 0 Å². The molecule has 1 heterocycles.